The first-order chi connectivity index (χ1) is 9.95. The van der Waals surface area contributed by atoms with Crippen molar-refractivity contribution in [3.63, 3.8) is 0 Å². The number of rotatable bonds is 6. The van der Waals surface area contributed by atoms with E-state index in [0.29, 0.717) is 4.21 Å². The molecular weight excluding hydrogens is 306 g/mol. The van der Waals surface area contributed by atoms with Gasteiger partial charge in [-0.25, -0.2) is 8.42 Å². The summed E-state index contributed by atoms with van der Waals surface area (Å²) in [5, 5.41) is 5.15. The van der Waals surface area contributed by atoms with Gasteiger partial charge in [-0.2, -0.15) is 4.31 Å². The summed E-state index contributed by atoms with van der Waals surface area (Å²) < 4.78 is 27.5. The highest BCUT2D eigenvalue weighted by Crippen LogP contribution is 2.26. The van der Waals surface area contributed by atoms with Gasteiger partial charge in [0.2, 0.25) is 0 Å². The van der Waals surface area contributed by atoms with Crippen LogP contribution in [0, 0.1) is 0 Å². The van der Waals surface area contributed by atoms with E-state index in [4.69, 9.17) is 0 Å². The monoisotopic (exact) mass is 331 g/mol. The van der Waals surface area contributed by atoms with E-state index in [1.54, 1.807) is 17.4 Å². The predicted octanol–water partition coefficient (Wildman–Crippen LogP) is 1.57. The third-order valence-corrected chi connectivity index (χ3v) is 7.33. The summed E-state index contributed by atoms with van der Waals surface area (Å²) in [7, 11) is 0.390. The van der Waals surface area contributed by atoms with Crippen molar-refractivity contribution < 1.29 is 8.42 Å². The number of nitrogens with one attached hydrogen (secondary N) is 1. The molecule has 1 aliphatic rings. The van der Waals surface area contributed by atoms with E-state index in [1.807, 2.05) is 19.4 Å². The fourth-order valence-electron chi connectivity index (χ4n) is 2.62. The first-order valence-corrected chi connectivity index (χ1v) is 9.71. The van der Waals surface area contributed by atoms with Gasteiger partial charge in [-0.15, -0.1) is 11.3 Å². The normalized spacial score (nSPS) is 21.0. The van der Waals surface area contributed by atoms with Gasteiger partial charge in [0, 0.05) is 26.2 Å². The van der Waals surface area contributed by atoms with Crippen molar-refractivity contribution in [1.29, 1.82) is 0 Å². The average Bonchev–Trinajstić information content (AvgIpc) is 2.93. The van der Waals surface area contributed by atoms with Gasteiger partial charge in [0.15, 0.2) is 0 Å². The molecule has 2 heterocycles. The Kier molecular flexibility index (Phi) is 5.79. The van der Waals surface area contributed by atoms with E-state index in [-0.39, 0.29) is 6.04 Å². The van der Waals surface area contributed by atoms with Crippen LogP contribution in [-0.4, -0.2) is 57.4 Å². The second kappa shape index (κ2) is 7.19. The van der Waals surface area contributed by atoms with Crippen LogP contribution in [-0.2, 0) is 16.6 Å². The van der Waals surface area contributed by atoms with Gasteiger partial charge >= 0.3 is 0 Å². The van der Waals surface area contributed by atoms with Crippen molar-refractivity contribution in [2.75, 3.05) is 33.7 Å². The van der Waals surface area contributed by atoms with E-state index in [9.17, 15) is 8.42 Å². The van der Waals surface area contributed by atoms with Crippen LogP contribution in [0.4, 0.5) is 0 Å². The van der Waals surface area contributed by atoms with Gasteiger partial charge in [0.1, 0.15) is 4.21 Å². The van der Waals surface area contributed by atoms with Crippen LogP contribution < -0.4 is 5.32 Å². The van der Waals surface area contributed by atoms with Crippen molar-refractivity contribution >= 4 is 21.4 Å². The quantitative estimate of drug-likeness (QED) is 0.860. The first-order valence-electron chi connectivity index (χ1n) is 7.40. The van der Waals surface area contributed by atoms with Crippen LogP contribution in [0.3, 0.4) is 0 Å². The molecule has 1 N–H and O–H groups in total. The summed E-state index contributed by atoms with van der Waals surface area (Å²) in [6.45, 7) is 5.50. The minimum Gasteiger partial charge on any atom is -0.313 e. The van der Waals surface area contributed by atoms with Crippen molar-refractivity contribution in [2.45, 2.75) is 36.6 Å². The molecule has 120 valence electrons. The van der Waals surface area contributed by atoms with Gasteiger partial charge in [0.05, 0.1) is 0 Å². The molecule has 0 aliphatic carbocycles. The molecule has 0 spiro atoms. The second-order valence-electron chi connectivity index (χ2n) is 5.63. The van der Waals surface area contributed by atoms with Crippen LogP contribution in [0.1, 0.15) is 25.3 Å². The maximum Gasteiger partial charge on any atom is 0.252 e. The van der Waals surface area contributed by atoms with Gasteiger partial charge in [-0.1, -0.05) is 6.92 Å². The number of sulfonamides is 1. The third-order valence-electron chi connectivity index (χ3n) is 3.96. The molecule has 7 heteroatoms. The van der Waals surface area contributed by atoms with Gasteiger partial charge < -0.3 is 10.2 Å². The molecule has 0 amide bonds. The summed E-state index contributed by atoms with van der Waals surface area (Å²) in [6.07, 6.45) is 1.99. The molecule has 0 bridgehead atoms. The fourth-order valence-corrected chi connectivity index (χ4v) is 5.40. The number of likely N-dealkylation sites (N-methyl/N-ethyl adjacent to an activating group) is 2. The number of hydrogen-bond acceptors (Lipinski definition) is 5. The molecule has 2 rings (SSSR count). The molecule has 1 aliphatic heterocycles. The summed E-state index contributed by atoms with van der Waals surface area (Å²) in [5.41, 5.74) is 1.04. The maximum absolute atomic E-state index is 12.7. The Labute approximate surface area is 132 Å². The van der Waals surface area contributed by atoms with Crippen LogP contribution in [0.2, 0.25) is 0 Å². The van der Waals surface area contributed by atoms with Gasteiger partial charge in [0.25, 0.3) is 10.0 Å². The Balaban J connectivity index is 2.11. The van der Waals surface area contributed by atoms with Crippen LogP contribution >= 0.6 is 11.3 Å². The number of hydrogen-bond donors (Lipinski definition) is 1. The van der Waals surface area contributed by atoms with E-state index >= 15 is 0 Å². The average molecular weight is 332 g/mol. The molecule has 0 radical (unpaired) electrons. The number of nitrogens with zero attached hydrogens (tertiary/aromatic N) is 2. The lowest BCUT2D eigenvalue weighted by Crippen LogP contribution is -2.47. The Morgan fingerprint density at radius 1 is 1.52 bits per heavy atom. The highest BCUT2D eigenvalue weighted by atomic mass is 32.2. The van der Waals surface area contributed by atoms with Gasteiger partial charge in [-0.05, 0) is 50.0 Å². The molecule has 1 aromatic heterocycles. The van der Waals surface area contributed by atoms with Gasteiger partial charge in [-0.3, -0.25) is 0 Å². The zero-order valence-corrected chi connectivity index (χ0v) is 14.6. The highest BCUT2D eigenvalue weighted by Gasteiger charge is 2.31. The third kappa shape index (κ3) is 4.04. The summed E-state index contributed by atoms with van der Waals surface area (Å²) >= 11 is 1.32. The molecular formula is C14H25N3O2S2. The molecule has 1 atom stereocenters. The second-order valence-corrected chi connectivity index (χ2v) is 8.77. The maximum atomic E-state index is 12.7. The van der Waals surface area contributed by atoms with Crippen LogP contribution in [0.25, 0.3) is 0 Å². The van der Waals surface area contributed by atoms with E-state index in [2.05, 4.69) is 10.2 Å². The summed E-state index contributed by atoms with van der Waals surface area (Å²) in [5.74, 6) is 0. The van der Waals surface area contributed by atoms with E-state index in [0.717, 1.165) is 44.6 Å². The lowest BCUT2D eigenvalue weighted by atomic mass is 10.1. The minimum absolute atomic E-state index is 0.0769. The Bertz CT molecular complexity index is 556. The van der Waals surface area contributed by atoms with Crippen LogP contribution in [0.15, 0.2) is 15.7 Å². The molecule has 1 fully saturated rings. The van der Waals surface area contributed by atoms with Crippen LogP contribution in [0.5, 0.6) is 0 Å². The molecule has 1 unspecified atom stereocenters. The smallest absolute Gasteiger partial charge is 0.252 e. The fraction of sp³-hybridized carbons (Fsp3) is 0.714. The minimum atomic E-state index is -3.37. The number of likely N-dealkylation sites (tertiary alicyclic amines) is 1. The summed E-state index contributed by atoms with van der Waals surface area (Å²) in [4.78, 5) is 2.20. The zero-order valence-electron chi connectivity index (χ0n) is 13.0. The highest BCUT2D eigenvalue weighted by molar-refractivity contribution is 7.91. The topological polar surface area (TPSA) is 52.7 Å². The predicted molar refractivity (Wildman–Crippen MR) is 87.2 cm³/mol. The van der Waals surface area contributed by atoms with E-state index in [1.165, 1.54) is 11.3 Å². The van der Waals surface area contributed by atoms with Crippen molar-refractivity contribution in [3.8, 4) is 0 Å². The van der Waals surface area contributed by atoms with Crippen molar-refractivity contribution in [1.82, 2.24) is 14.5 Å². The standard InChI is InChI=1S/C14H25N3O2S2/c1-4-15-9-12-8-14(20-11-12)21(18,19)17(3)13-6-5-7-16(2)10-13/h8,11,13,15H,4-7,9-10H2,1-3H3. The lowest BCUT2D eigenvalue weighted by molar-refractivity contribution is 0.188. The largest absolute Gasteiger partial charge is 0.313 e. The van der Waals surface area contributed by atoms with Crippen molar-refractivity contribution in [2.24, 2.45) is 0 Å². The van der Waals surface area contributed by atoms with E-state index < -0.39 is 10.0 Å². The number of piperidine rings is 1. The number of thiophene rings is 1. The molecule has 5 nitrogen and oxygen atoms in total. The molecule has 0 saturated carbocycles. The Morgan fingerprint density at radius 3 is 2.95 bits per heavy atom. The van der Waals surface area contributed by atoms with Crippen molar-refractivity contribution in [3.05, 3.63) is 17.0 Å². The SMILES string of the molecule is CCNCc1csc(S(=O)(=O)N(C)C2CCCN(C)C2)c1. The zero-order chi connectivity index (χ0) is 15.5. The lowest BCUT2D eigenvalue weighted by Gasteiger charge is -2.34. The molecule has 1 aromatic rings. The summed E-state index contributed by atoms with van der Waals surface area (Å²) in [6, 6.07) is 1.87. The molecule has 0 aromatic carbocycles. The molecule has 21 heavy (non-hydrogen) atoms. The first kappa shape index (κ1) is 16.9. The Hall–Kier alpha value is -0.470. The molecule has 1 saturated heterocycles. The Morgan fingerprint density at radius 2 is 2.29 bits per heavy atom.